The van der Waals surface area contributed by atoms with E-state index < -0.39 is 0 Å². The Morgan fingerprint density at radius 1 is 1.00 bits per heavy atom. The van der Waals surface area contributed by atoms with Crippen LogP contribution in [0.5, 0.6) is 0 Å². The zero-order valence-electron chi connectivity index (χ0n) is 17.5. The maximum Gasteiger partial charge on any atom is 0.238 e. The van der Waals surface area contributed by atoms with E-state index in [9.17, 15) is 9.59 Å². The number of nitrogens with zero attached hydrogens (tertiary/aromatic N) is 3. The van der Waals surface area contributed by atoms with Gasteiger partial charge in [0.1, 0.15) is 0 Å². The van der Waals surface area contributed by atoms with Crippen LogP contribution in [0.25, 0.3) is 0 Å². The van der Waals surface area contributed by atoms with Crippen molar-refractivity contribution in [1.82, 2.24) is 14.7 Å². The Balaban J connectivity index is 1.42. The van der Waals surface area contributed by atoms with Crippen molar-refractivity contribution in [2.75, 3.05) is 51.1 Å². The highest BCUT2D eigenvalue weighted by molar-refractivity contribution is 5.93. The van der Waals surface area contributed by atoms with E-state index in [1.165, 1.54) is 6.42 Å². The van der Waals surface area contributed by atoms with Gasteiger partial charge in [-0.1, -0.05) is 12.1 Å². The lowest BCUT2D eigenvalue weighted by molar-refractivity contribution is -0.136. The van der Waals surface area contributed by atoms with Crippen LogP contribution in [0.3, 0.4) is 0 Å². The number of anilines is 1. The minimum atomic E-state index is 0.0281. The molecular formula is C22H34N4O2. The maximum absolute atomic E-state index is 12.6. The normalized spacial score (nSPS) is 21.5. The summed E-state index contributed by atoms with van der Waals surface area (Å²) in [7, 11) is 0. The smallest absolute Gasteiger partial charge is 0.238 e. The van der Waals surface area contributed by atoms with Crippen molar-refractivity contribution in [3.63, 3.8) is 0 Å². The highest BCUT2D eigenvalue weighted by Gasteiger charge is 2.26. The number of nitrogens with one attached hydrogen (secondary N) is 1. The molecule has 0 aliphatic carbocycles. The number of carbonyl (C=O) groups excluding carboxylic acids is 2. The van der Waals surface area contributed by atoms with Gasteiger partial charge in [0.2, 0.25) is 11.8 Å². The van der Waals surface area contributed by atoms with Crippen molar-refractivity contribution in [2.24, 2.45) is 0 Å². The number of piperazine rings is 1. The van der Waals surface area contributed by atoms with Crippen LogP contribution >= 0.6 is 0 Å². The van der Waals surface area contributed by atoms with Crippen molar-refractivity contribution < 1.29 is 9.59 Å². The molecular weight excluding hydrogens is 352 g/mol. The van der Waals surface area contributed by atoms with Crippen molar-refractivity contribution in [1.29, 1.82) is 0 Å². The highest BCUT2D eigenvalue weighted by atomic mass is 16.2. The Morgan fingerprint density at radius 3 is 2.36 bits per heavy atom. The molecule has 2 saturated heterocycles. The number of benzene rings is 1. The maximum atomic E-state index is 12.6. The first-order valence-corrected chi connectivity index (χ1v) is 10.5. The third-order valence-electron chi connectivity index (χ3n) is 5.98. The van der Waals surface area contributed by atoms with Crippen LogP contribution in [0.15, 0.2) is 18.2 Å². The van der Waals surface area contributed by atoms with Gasteiger partial charge in [0.15, 0.2) is 0 Å². The fraction of sp³-hybridized carbons (Fsp3) is 0.636. The molecule has 2 fully saturated rings. The number of piperidine rings is 1. The zero-order valence-corrected chi connectivity index (χ0v) is 17.5. The summed E-state index contributed by atoms with van der Waals surface area (Å²) in [4.78, 5) is 31.5. The zero-order chi connectivity index (χ0) is 20.1. The van der Waals surface area contributed by atoms with Gasteiger partial charge < -0.3 is 10.2 Å². The van der Waals surface area contributed by atoms with Gasteiger partial charge >= 0.3 is 0 Å². The summed E-state index contributed by atoms with van der Waals surface area (Å²) in [6, 6.07) is 6.47. The first-order chi connectivity index (χ1) is 13.4. The summed E-state index contributed by atoms with van der Waals surface area (Å²) >= 11 is 0. The first-order valence-electron chi connectivity index (χ1n) is 10.5. The van der Waals surface area contributed by atoms with Crippen molar-refractivity contribution >= 4 is 17.5 Å². The molecule has 0 saturated carbocycles. The predicted octanol–water partition coefficient (Wildman–Crippen LogP) is 2.26. The summed E-state index contributed by atoms with van der Waals surface area (Å²) in [6.45, 7) is 11.3. The summed E-state index contributed by atoms with van der Waals surface area (Å²) < 4.78 is 0. The number of amides is 2. The summed E-state index contributed by atoms with van der Waals surface area (Å²) in [6.07, 6.45) is 3.47. The van der Waals surface area contributed by atoms with Gasteiger partial charge in [-0.2, -0.15) is 0 Å². The molecule has 3 rings (SSSR count). The van der Waals surface area contributed by atoms with Crippen LogP contribution in [-0.2, 0) is 9.59 Å². The average Bonchev–Trinajstić information content (AvgIpc) is 2.66. The highest BCUT2D eigenvalue weighted by Crippen LogP contribution is 2.18. The number of hydrogen-bond acceptors (Lipinski definition) is 4. The van der Waals surface area contributed by atoms with E-state index in [4.69, 9.17) is 0 Å². The fourth-order valence-electron chi connectivity index (χ4n) is 4.12. The summed E-state index contributed by atoms with van der Waals surface area (Å²) in [5.74, 6) is 0.286. The van der Waals surface area contributed by atoms with E-state index in [2.05, 4.69) is 28.1 Å². The molecule has 0 aromatic heterocycles. The monoisotopic (exact) mass is 386 g/mol. The molecule has 0 radical (unpaired) electrons. The molecule has 2 aliphatic heterocycles. The van der Waals surface area contributed by atoms with E-state index in [1.54, 1.807) is 0 Å². The molecule has 154 valence electrons. The van der Waals surface area contributed by atoms with Gasteiger partial charge in [0.25, 0.3) is 0 Å². The van der Waals surface area contributed by atoms with Crippen molar-refractivity contribution in [2.45, 2.75) is 46.1 Å². The number of aryl methyl sites for hydroxylation is 2. The van der Waals surface area contributed by atoms with E-state index in [0.29, 0.717) is 19.1 Å². The van der Waals surface area contributed by atoms with Crippen LogP contribution in [0.4, 0.5) is 5.69 Å². The number of rotatable bonds is 5. The Morgan fingerprint density at radius 2 is 1.68 bits per heavy atom. The lowest BCUT2D eigenvalue weighted by Crippen LogP contribution is -2.53. The first kappa shape index (κ1) is 20.8. The molecule has 2 aliphatic rings. The Labute approximate surface area is 168 Å². The van der Waals surface area contributed by atoms with Crippen LogP contribution < -0.4 is 5.32 Å². The largest absolute Gasteiger partial charge is 0.339 e. The van der Waals surface area contributed by atoms with Crippen molar-refractivity contribution in [3.05, 3.63) is 29.3 Å². The Bertz CT molecular complexity index is 698. The second kappa shape index (κ2) is 9.52. The minimum absolute atomic E-state index is 0.0281. The third kappa shape index (κ3) is 5.55. The molecule has 1 aromatic carbocycles. The molecule has 2 heterocycles. The molecule has 1 aromatic rings. The molecule has 28 heavy (non-hydrogen) atoms. The van der Waals surface area contributed by atoms with Crippen LogP contribution in [0.2, 0.25) is 0 Å². The molecule has 6 nitrogen and oxygen atoms in total. The number of carbonyl (C=O) groups is 2. The number of likely N-dealkylation sites (tertiary alicyclic amines) is 1. The topological polar surface area (TPSA) is 55.9 Å². The van der Waals surface area contributed by atoms with Crippen molar-refractivity contribution in [3.8, 4) is 0 Å². The van der Waals surface area contributed by atoms with Crippen LogP contribution in [-0.4, -0.2) is 78.4 Å². The SMILES string of the molecule is Cc1ccc(C)c(NC(=O)CN2CCN(CC(=O)N3CCCCC3C)CC2)c1. The Kier molecular flexibility index (Phi) is 7.08. The fourth-order valence-corrected chi connectivity index (χ4v) is 4.12. The average molecular weight is 387 g/mol. The van der Waals surface area contributed by atoms with Gasteiger partial charge in [-0.25, -0.2) is 0 Å². The molecule has 1 atom stereocenters. The van der Waals surface area contributed by atoms with Gasteiger partial charge in [-0.15, -0.1) is 0 Å². The molecule has 1 unspecified atom stereocenters. The quantitative estimate of drug-likeness (QED) is 0.843. The van der Waals surface area contributed by atoms with Crippen LogP contribution in [0.1, 0.15) is 37.3 Å². The van der Waals surface area contributed by atoms with Gasteiger partial charge in [0, 0.05) is 44.5 Å². The van der Waals surface area contributed by atoms with Gasteiger partial charge in [-0.3, -0.25) is 19.4 Å². The van der Waals surface area contributed by atoms with E-state index in [-0.39, 0.29) is 11.8 Å². The molecule has 0 spiro atoms. The van der Waals surface area contributed by atoms with E-state index in [0.717, 1.165) is 62.4 Å². The molecule has 6 heteroatoms. The molecule has 1 N–H and O–H groups in total. The minimum Gasteiger partial charge on any atom is -0.339 e. The molecule has 0 bridgehead atoms. The van der Waals surface area contributed by atoms with Gasteiger partial charge in [0.05, 0.1) is 13.1 Å². The summed E-state index contributed by atoms with van der Waals surface area (Å²) in [5, 5.41) is 3.03. The van der Waals surface area contributed by atoms with Gasteiger partial charge in [-0.05, 0) is 57.2 Å². The molecule has 2 amide bonds. The second-order valence-electron chi connectivity index (χ2n) is 8.35. The lowest BCUT2D eigenvalue weighted by atomic mass is 10.0. The van der Waals surface area contributed by atoms with Crippen LogP contribution in [0, 0.1) is 13.8 Å². The predicted molar refractivity (Wildman–Crippen MR) is 112 cm³/mol. The Hall–Kier alpha value is -1.92. The standard InChI is InChI=1S/C22H34N4O2/c1-17-7-8-18(2)20(14-17)23-21(27)15-24-10-12-25(13-11-24)16-22(28)26-9-5-4-6-19(26)3/h7-8,14,19H,4-6,9-13,15-16H2,1-3H3,(H,23,27). The summed E-state index contributed by atoms with van der Waals surface area (Å²) in [5.41, 5.74) is 3.11. The second-order valence-corrected chi connectivity index (χ2v) is 8.35. The number of hydrogen-bond donors (Lipinski definition) is 1. The van der Waals surface area contributed by atoms with E-state index in [1.807, 2.05) is 30.9 Å². The third-order valence-corrected chi connectivity index (χ3v) is 5.98. The van der Waals surface area contributed by atoms with E-state index >= 15 is 0 Å². The lowest BCUT2D eigenvalue weighted by Gasteiger charge is -2.37.